The molecule has 0 spiro atoms. The van der Waals surface area contributed by atoms with Gasteiger partial charge in [-0.2, -0.15) is 0 Å². The van der Waals surface area contributed by atoms with Crippen molar-refractivity contribution >= 4 is 17.5 Å². The molecule has 0 aromatic carbocycles. The lowest BCUT2D eigenvalue weighted by atomic mass is 9.49. The highest BCUT2D eigenvalue weighted by molar-refractivity contribution is 6.24. The molecule has 1 amide bonds. The van der Waals surface area contributed by atoms with Gasteiger partial charge in [0, 0.05) is 11.4 Å². The number of carbonyl (C=O) groups excluding carboxylic acids is 1. The van der Waals surface area contributed by atoms with Gasteiger partial charge in [0.1, 0.15) is 0 Å². The molecule has 2 unspecified atom stereocenters. The molecule has 20 heavy (non-hydrogen) atoms. The fraction of sp³-hybridized carbons (Fsp3) is 0.941. The highest BCUT2D eigenvalue weighted by atomic mass is 35.5. The van der Waals surface area contributed by atoms with Crippen LogP contribution in [0, 0.1) is 17.3 Å². The molecular formula is C17H28ClNO. The van der Waals surface area contributed by atoms with Gasteiger partial charge in [-0.25, -0.2) is 0 Å². The zero-order valence-corrected chi connectivity index (χ0v) is 13.5. The predicted octanol–water partition coefficient (Wildman–Crippen LogP) is 4.26. The lowest BCUT2D eigenvalue weighted by Gasteiger charge is -2.59. The monoisotopic (exact) mass is 297 g/mol. The van der Waals surface area contributed by atoms with E-state index in [-0.39, 0.29) is 10.3 Å². The van der Waals surface area contributed by atoms with Crippen LogP contribution < -0.4 is 5.32 Å². The van der Waals surface area contributed by atoms with Gasteiger partial charge >= 0.3 is 0 Å². The number of hydrogen-bond donors (Lipinski definition) is 1. The SMILES string of the molecule is CCCCCCNC(=O)C12CC3CC(CC(Cl)(C3)C1)C2. The fourth-order valence-electron chi connectivity index (χ4n) is 5.36. The van der Waals surface area contributed by atoms with Crippen LogP contribution in [0.15, 0.2) is 0 Å². The van der Waals surface area contributed by atoms with Crippen LogP contribution in [0.1, 0.15) is 71.1 Å². The predicted molar refractivity (Wildman–Crippen MR) is 82.9 cm³/mol. The average Bonchev–Trinajstić information content (AvgIpc) is 2.35. The lowest BCUT2D eigenvalue weighted by Crippen LogP contribution is -2.58. The summed E-state index contributed by atoms with van der Waals surface area (Å²) in [4.78, 5) is 12.6. The Kier molecular flexibility index (Phi) is 4.05. The molecule has 3 heteroatoms. The van der Waals surface area contributed by atoms with Crippen molar-refractivity contribution in [2.75, 3.05) is 6.54 Å². The van der Waals surface area contributed by atoms with Crippen molar-refractivity contribution in [3.8, 4) is 0 Å². The number of rotatable bonds is 6. The highest BCUT2D eigenvalue weighted by Crippen LogP contribution is 2.63. The van der Waals surface area contributed by atoms with Gasteiger partial charge in [0.15, 0.2) is 0 Å². The minimum Gasteiger partial charge on any atom is -0.356 e. The molecule has 0 heterocycles. The van der Waals surface area contributed by atoms with Crippen molar-refractivity contribution in [3.05, 3.63) is 0 Å². The highest BCUT2D eigenvalue weighted by Gasteiger charge is 2.59. The maximum Gasteiger partial charge on any atom is 0.226 e. The molecule has 0 aliphatic heterocycles. The summed E-state index contributed by atoms with van der Waals surface area (Å²) in [6.07, 6.45) is 11.6. The smallest absolute Gasteiger partial charge is 0.226 e. The molecule has 1 N–H and O–H groups in total. The maximum atomic E-state index is 12.7. The van der Waals surface area contributed by atoms with Crippen LogP contribution in [0.25, 0.3) is 0 Å². The number of alkyl halides is 1. The molecule has 0 aromatic heterocycles. The molecule has 4 aliphatic carbocycles. The van der Waals surface area contributed by atoms with Gasteiger partial charge < -0.3 is 5.32 Å². The standard InChI is InChI=1S/C17H28ClNO/c1-2-3-4-5-6-19-15(20)16-8-13-7-14(9-16)11-17(18,10-13)12-16/h13-14H,2-12H2,1H3,(H,19,20). The van der Waals surface area contributed by atoms with E-state index in [0.717, 1.165) is 45.1 Å². The van der Waals surface area contributed by atoms with Gasteiger partial charge in [0.05, 0.1) is 5.41 Å². The van der Waals surface area contributed by atoms with Crippen molar-refractivity contribution in [2.45, 2.75) is 76.0 Å². The Hall–Kier alpha value is -0.240. The van der Waals surface area contributed by atoms with Crippen LogP contribution in [0.4, 0.5) is 0 Å². The Balaban J connectivity index is 1.57. The third-order valence-corrected chi connectivity index (χ3v) is 6.23. The van der Waals surface area contributed by atoms with Crippen LogP contribution >= 0.6 is 11.6 Å². The van der Waals surface area contributed by atoms with E-state index in [1.54, 1.807) is 0 Å². The second-order valence-electron chi connectivity index (χ2n) is 7.71. The molecule has 4 rings (SSSR count). The summed E-state index contributed by atoms with van der Waals surface area (Å²) >= 11 is 6.79. The van der Waals surface area contributed by atoms with Crippen molar-refractivity contribution in [1.29, 1.82) is 0 Å². The lowest BCUT2D eigenvalue weighted by molar-refractivity contribution is -0.144. The molecule has 4 bridgehead atoms. The average molecular weight is 298 g/mol. The van der Waals surface area contributed by atoms with E-state index < -0.39 is 0 Å². The Bertz CT molecular complexity index is 367. The zero-order valence-electron chi connectivity index (χ0n) is 12.7. The first-order chi connectivity index (χ1) is 9.55. The number of unbranched alkanes of at least 4 members (excludes halogenated alkanes) is 3. The Morgan fingerprint density at radius 2 is 1.85 bits per heavy atom. The third-order valence-electron chi connectivity index (χ3n) is 5.79. The number of nitrogens with one attached hydrogen (secondary N) is 1. The van der Waals surface area contributed by atoms with Gasteiger partial charge in [0.2, 0.25) is 5.91 Å². The van der Waals surface area contributed by atoms with E-state index in [9.17, 15) is 4.79 Å². The summed E-state index contributed by atoms with van der Waals surface area (Å²) in [5.74, 6) is 1.73. The van der Waals surface area contributed by atoms with E-state index in [2.05, 4.69) is 12.2 Å². The molecule has 4 fully saturated rings. The van der Waals surface area contributed by atoms with Crippen LogP contribution in [-0.2, 0) is 4.79 Å². The fourth-order valence-corrected chi connectivity index (χ4v) is 6.05. The summed E-state index contributed by atoms with van der Waals surface area (Å²) in [6.45, 7) is 3.07. The largest absolute Gasteiger partial charge is 0.356 e. The van der Waals surface area contributed by atoms with E-state index in [0.29, 0.717) is 17.7 Å². The summed E-state index contributed by atoms with van der Waals surface area (Å²) in [6, 6.07) is 0. The van der Waals surface area contributed by atoms with Crippen LogP contribution in [0.5, 0.6) is 0 Å². The van der Waals surface area contributed by atoms with Gasteiger partial charge in [-0.1, -0.05) is 26.2 Å². The van der Waals surface area contributed by atoms with E-state index >= 15 is 0 Å². The Morgan fingerprint density at radius 3 is 2.45 bits per heavy atom. The molecule has 4 saturated carbocycles. The van der Waals surface area contributed by atoms with E-state index in [1.165, 1.54) is 25.7 Å². The normalized spacial score (nSPS) is 41.9. The number of halogens is 1. The van der Waals surface area contributed by atoms with Gasteiger partial charge in [-0.3, -0.25) is 4.79 Å². The molecule has 0 aromatic rings. The van der Waals surface area contributed by atoms with Gasteiger partial charge in [-0.05, 0) is 56.8 Å². The summed E-state index contributed by atoms with van der Waals surface area (Å²) in [7, 11) is 0. The van der Waals surface area contributed by atoms with Crippen molar-refractivity contribution in [1.82, 2.24) is 5.32 Å². The quantitative estimate of drug-likeness (QED) is 0.576. The third kappa shape index (κ3) is 2.73. The van der Waals surface area contributed by atoms with Crippen LogP contribution in [-0.4, -0.2) is 17.3 Å². The molecule has 114 valence electrons. The Labute approximate surface area is 128 Å². The minimum absolute atomic E-state index is 0.0520. The molecular weight excluding hydrogens is 270 g/mol. The second kappa shape index (κ2) is 5.51. The number of carbonyl (C=O) groups is 1. The molecule has 0 saturated heterocycles. The molecule has 4 aliphatic rings. The Morgan fingerprint density at radius 1 is 1.15 bits per heavy atom. The zero-order chi connectivity index (χ0) is 14.2. The molecule has 2 nitrogen and oxygen atoms in total. The summed E-state index contributed by atoms with van der Waals surface area (Å²) in [5.41, 5.74) is -0.114. The topological polar surface area (TPSA) is 29.1 Å². The first kappa shape index (κ1) is 14.7. The first-order valence-electron chi connectivity index (χ1n) is 8.52. The van der Waals surface area contributed by atoms with Crippen molar-refractivity contribution in [2.24, 2.45) is 17.3 Å². The number of hydrogen-bond acceptors (Lipinski definition) is 1. The van der Waals surface area contributed by atoms with E-state index in [4.69, 9.17) is 11.6 Å². The molecule has 0 radical (unpaired) electrons. The van der Waals surface area contributed by atoms with Crippen LogP contribution in [0.3, 0.4) is 0 Å². The first-order valence-corrected chi connectivity index (χ1v) is 8.90. The summed E-state index contributed by atoms with van der Waals surface area (Å²) in [5, 5.41) is 3.22. The second-order valence-corrected chi connectivity index (χ2v) is 8.51. The van der Waals surface area contributed by atoms with Gasteiger partial charge in [0.25, 0.3) is 0 Å². The van der Waals surface area contributed by atoms with Crippen molar-refractivity contribution < 1.29 is 4.79 Å². The van der Waals surface area contributed by atoms with Crippen LogP contribution in [0.2, 0.25) is 0 Å². The molecule has 2 atom stereocenters. The number of amides is 1. The van der Waals surface area contributed by atoms with Gasteiger partial charge in [-0.15, -0.1) is 11.6 Å². The maximum absolute atomic E-state index is 12.7. The van der Waals surface area contributed by atoms with E-state index in [1.807, 2.05) is 0 Å². The summed E-state index contributed by atoms with van der Waals surface area (Å²) < 4.78 is 0. The minimum atomic E-state index is -0.114. The van der Waals surface area contributed by atoms with Crippen molar-refractivity contribution in [3.63, 3.8) is 0 Å².